The molecule has 4 heteroatoms. The molecule has 0 saturated heterocycles. The first kappa shape index (κ1) is 10.7. The van der Waals surface area contributed by atoms with Crippen LogP contribution in [0.5, 0.6) is 0 Å². The molecule has 0 amide bonds. The topological polar surface area (TPSA) is 53.1 Å². The number of aromatic amines is 1. The maximum atomic E-state index is 11.3. The molecule has 0 radical (unpaired) electrons. The van der Waals surface area contributed by atoms with Crippen LogP contribution >= 0.6 is 11.6 Å². The van der Waals surface area contributed by atoms with E-state index in [-0.39, 0.29) is 0 Å². The summed E-state index contributed by atoms with van der Waals surface area (Å²) >= 11 is 6.20. The number of carboxylic acids is 1. The molecule has 1 aliphatic rings. The number of rotatable bonds is 2. The van der Waals surface area contributed by atoms with Crippen LogP contribution in [0.2, 0.25) is 5.02 Å². The van der Waals surface area contributed by atoms with E-state index < -0.39 is 11.4 Å². The van der Waals surface area contributed by atoms with Crippen LogP contribution in [0.4, 0.5) is 0 Å². The number of nitrogens with one attached hydrogen (secondary N) is 1. The number of aromatic nitrogens is 1. The summed E-state index contributed by atoms with van der Waals surface area (Å²) in [5.41, 5.74) is 1.99. The standard InChI is InChI=1S/C13H12ClNO2/c1-7-4-8-5-10(14)9(6-11(8)15-7)13(2-3-13)12(16)17/h4-6,15H,2-3H2,1H3,(H,16,17). The number of fused-ring (bicyclic) bond motifs is 1. The molecule has 3 nitrogen and oxygen atoms in total. The van der Waals surface area contributed by atoms with E-state index in [1.54, 1.807) is 0 Å². The van der Waals surface area contributed by atoms with Crippen LogP contribution in [-0.2, 0) is 10.2 Å². The van der Waals surface area contributed by atoms with Gasteiger partial charge in [-0.05, 0) is 43.5 Å². The third kappa shape index (κ3) is 1.46. The zero-order valence-corrected chi connectivity index (χ0v) is 10.1. The van der Waals surface area contributed by atoms with Crippen molar-refractivity contribution in [3.8, 4) is 0 Å². The molecule has 1 heterocycles. The van der Waals surface area contributed by atoms with Gasteiger partial charge in [-0.1, -0.05) is 11.6 Å². The van der Waals surface area contributed by atoms with Crippen molar-refractivity contribution in [2.24, 2.45) is 0 Å². The Morgan fingerprint density at radius 1 is 1.41 bits per heavy atom. The van der Waals surface area contributed by atoms with Crippen molar-refractivity contribution in [3.05, 3.63) is 34.5 Å². The summed E-state index contributed by atoms with van der Waals surface area (Å²) in [6.07, 6.45) is 1.35. The summed E-state index contributed by atoms with van der Waals surface area (Å²) in [6.45, 7) is 1.97. The van der Waals surface area contributed by atoms with E-state index in [9.17, 15) is 9.90 Å². The number of aryl methyl sites for hydroxylation is 1. The Hall–Kier alpha value is -1.48. The highest BCUT2D eigenvalue weighted by atomic mass is 35.5. The number of hydrogen-bond donors (Lipinski definition) is 2. The molecule has 0 bridgehead atoms. The van der Waals surface area contributed by atoms with Gasteiger partial charge in [0.15, 0.2) is 0 Å². The maximum absolute atomic E-state index is 11.3. The van der Waals surface area contributed by atoms with Crippen molar-refractivity contribution in [3.63, 3.8) is 0 Å². The first-order valence-electron chi connectivity index (χ1n) is 5.56. The Labute approximate surface area is 103 Å². The van der Waals surface area contributed by atoms with E-state index >= 15 is 0 Å². The van der Waals surface area contributed by atoms with Gasteiger partial charge in [-0.2, -0.15) is 0 Å². The fraction of sp³-hybridized carbons (Fsp3) is 0.308. The minimum Gasteiger partial charge on any atom is -0.481 e. The molecular formula is C13H12ClNO2. The molecule has 1 aliphatic carbocycles. The monoisotopic (exact) mass is 249 g/mol. The van der Waals surface area contributed by atoms with Crippen molar-refractivity contribution >= 4 is 28.5 Å². The van der Waals surface area contributed by atoms with Crippen molar-refractivity contribution < 1.29 is 9.90 Å². The molecular weight excluding hydrogens is 238 g/mol. The predicted octanol–water partition coefficient (Wildman–Crippen LogP) is 3.25. The molecule has 1 fully saturated rings. The van der Waals surface area contributed by atoms with Gasteiger partial charge in [-0.3, -0.25) is 4.79 Å². The normalized spacial score (nSPS) is 17.3. The molecule has 0 atom stereocenters. The van der Waals surface area contributed by atoms with Crippen LogP contribution in [0.15, 0.2) is 18.2 Å². The number of halogens is 1. The van der Waals surface area contributed by atoms with Crippen molar-refractivity contribution in [2.45, 2.75) is 25.2 Å². The maximum Gasteiger partial charge on any atom is 0.314 e. The highest BCUT2D eigenvalue weighted by Crippen LogP contribution is 2.51. The van der Waals surface area contributed by atoms with Crippen LogP contribution in [0, 0.1) is 6.92 Å². The number of hydrogen-bond acceptors (Lipinski definition) is 1. The molecule has 0 spiro atoms. The fourth-order valence-electron chi connectivity index (χ4n) is 2.39. The van der Waals surface area contributed by atoms with Crippen molar-refractivity contribution in [2.75, 3.05) is 0 Å². The number of carboxylic acid groups (broad SMARTS) is 1. The molecule has 0 unspecified atom stereocenters. The third-order valence-electron chi connectivity index (χ3n) is 3.52. The largest absolute Gasteiger partial charge is 0.481 e. The third-order valence-corrected chi connectivity index (χ3v) is 3.83. The van der Waals surface area contributed by atoms with Gasteiger partial charge in [-0.15, -0.1) is 0 Å². The Kier molecular flexibility index (Phi) is 2.05. The van der Waals surface area contributed by atoms with Gasteiger partial charge in [0.1, 0.15) is 0 Å². The molecule has 1 aromatic heterocycles. The average molecular weight is 250 g/mol. The highest BCUT2D eigenvalue weighted by molar-refractivity contribution is 6.32. The average Bonchev–Trinajstić information content (AvgIpc) is 2.96. The lowest BCUT2D eigenvalue weighted by molar-refractivity contribution is -0.140. The summed E-state index contributed by atoms with van der Waals surface area (Å²) in [4.78, 5) is 14.5. The summed E-state index contributed by atoms with van der Waals surface area (Å²) < 4.78 is 0. The Morgan fingerprint density at radius 3 is 2.71 bits per heavy atom. The van der Waals surface area contributed by atoms with E-state index in [4.69, 9.17) is 11.6 Å². The second-order valence-electron chi connectivity index (χ2n) is 4.76. The molecule has 0 aliphatic heterocycles. The Balaban J connectivity index is 2.23. The molecule has 1 aromatic carbocycles. The van der Waals surface area contributed by atoms with Crippen LogP contribution in [0.25, 0.3) is 10.9 Å². The van der Waals surface area contributed by atoms with Gasteiger partial charge in [0, 0.05) is 21.6 Å². The summed E-state index contributed by atoms with van der Waals surface area (Å²) in [5.74, 6) is -0.776. The molecule has 2 aromatic rings. The van der Waals surface area contributed by atoms with Crippen molar-refractivity contribution in [1.82, 2.24) is 4.98 Å². The minimum absolute atomic E-state index is 0.552. The first-order valence-corrected chi connectivity index (χ1v) is 5.93. The van der Waals surface area contributed by atoms with Crippen molar-refractivity contribution in [1.29, 1.82) is 0 Å². The number of H-pyrrole nitrogens is 1. The lowest BCUT2D eigenvalue weighted by atomic mass is 9.95. The van der Waals surface area contributed by atoms with E-state index in [1.807, 2.05) is 25.1 Å². The first-order chi connectivity index (χ1) is 8.03. The van der Waals surface area contributed by atoms with Crippen LogP contribution in [0.3, 0.4) is 0 Å². The number of carbonyl (C=O) groups is 1. The Bertz CT molecular complexity index is 626. The SMILES string of the molecule is Cc1cc2cc(Cl)c(C3(C(=O)O)CC3)cc2[nH]1. The lowest BCUT2D eigenvalue weighted by Crippen LogP contribution is -2.19. The number of benzene rings is 1. The van der Waals surface area contributed by atoms with Crippen LogP contribution < -0.4 is 0 Å². The van der Waals surface area contributed by atoms with E-state index in [0.717, 1.165) is 22.2 Å². The second kappa shape index (κ2) is 3.26. The highest BCUT2D eigenvalue weighted by Gasteiger charge is 2.52. The molecule has 2 N–H and O–H groups in total. The van der Waals surface area contributed by atoms with Gasteiger partial charge in [0.2, 0.25) is 0 Å². The van der Waals surface area contributed by atoms with E-state index in [2.05, 4.69) is 4.98 Å². The second-order valence-corrected chi connectivity index (χ2v) is 5.17. The van der Waals surface area contributed by atoms with E-state index in [0.29, 0.717) is 17.9 Å². The zero-order valence-electron chi connectivity index (χ0n) is 9.38. The van der Waals surface area contributed by atoms with Crippen LogP contribution in [-0.4, -0.2) is 16.1 Å². The van der Waals surface area contributed by atoms with Gasteiger partial charge < -0.3 is 10.1 Å². The molecule has 1 saturated carbocycles. The quantitative estimate of drug-likeness (QED) is 0.858. The summed E-state index contributed by atoms with van der Waals surface area (Å²) in [5, 5.41) is 10.9. The van der Waals surface area contributed by atoms with Gasteiger partial charge in [0.05, 0.1) is 5.41 Å². The molecule has 3 rings (SSSR count). The van der Waals surface area contributed by atoms with Gasteiger partial charge >= 0.3 is 5.97 Å². The molecule has 17 heavy (non-hydrogen) atoms. The smallest absolute Gasteiger partial charge is 0.314 e. The zero-order chi connectivity index (χ0) is 12.2. The predicted molar refractivity (Wildman–Crippen MR) is 66.6 cm³/mol. The van der Waals surface area contributed by atoms with Gasteiger partial charge in [-0.25, -0.2) is 0 Å². The lowest BCUT2D eigenvalue weighted by Gasteiger charge is -2.12. The Morgan fingerprint density at radius 2 is 2.12 bits per heavy atom. The van der Waals surface area contributed by atoms with Gasteiger partial charge in [0.25, 0.3) is 0 Å². The molecule has 88 valence electrons. The minimum atomic E-state index is -0.776. The summed E-state index contributed by atoms with van der Waals surface area (Å²) in [6, 6.07) is 5.73. The fourth-order valence-corrected chi connectivity index (χ4v) is 2.74. The van der Waals surface area contributed by atoms with Crippen LogP contribution in [0.1, 0.15) is 24.1 Å². The van der Waals surface area contributed by atoms with E-state index in [1.165, 1.54) is 0 Å². The number of aliphatic carboxylic acids is 1. The summed E-state index contributed by atoms with van der Waals surface area (Å²) in [7, 11) is 0.